The van der Waals surface area contributed by atoms with Crippen molar-refractivity contribution in [3.8, 4) is 0 Å². The summed E-state index contributed by atoms with van der Waals surface area (Å²) in [5, 5.41) is 2.91. The summed E-state index contributed by atoms with van der Waals surface area (Å²) in [4.78, 5) is 15.4. The van der Waals surface area contributed by atoms with Gasteiger partial charge in [0.25, 0.3) is 0 Å². The average molecular weight is 440 g/mol. The van der Waals surface area contributed by atoms with Gasteiger partial charge in [-0.2, -0.15) is 18.2 Å². The third-order valence-electron chi connectivity index (χ3n) is 5.52. The molecule has 0 saturated carbocycles. The number of hydrogen-bond donors (Lipinski definition) is 1. The molecule has 0 spiro atoms. The van der Waals surface area contributed by atoms with Crippen molar-refractivity contribution in [2.75, 3.05) is 36.1 Å². The number of alkyl halides is 3. The fourth-order valence-electron chi connectivity index (χ4n) is 3.73. The van der Waals surface area contributed by atoms with Gasteiger partial charge >= 0.3 is 6.18 Å². The Morgan fingerprint density at radius 1 is 1.20 bits per heavy atom. The second-order valence-corrected chi connectivity index (χ2v) is 9.05. The van der Waals surface area contributed by atoms with Crippen molar-refractivity contribution < 1.29 is 17.4 Å². The third-order valence-corrected chi connectivity index (χ3v) is 6.54. The zero-order valence-corrected chi connectivity index (χ0v) is 17.5. The molecule has 0 aliphatic carbocycles. The molecule has 162 valence electrons. The van der Waals surface area contributed by atoms with E-state index >= 15 is 0 Å². The first kappa shape index (κ1) is 21.0. The third kappa shape index (κ3) is 4.41. The Hall–Kier alpha value is -2.27. The van der Waals surface area contributed by atoms with E-state index in [0.717, 1.165) is 43.4 Å². The van der Waals surface area contributed by atoms with Crippen LogP contribution in [0.15, 0.2) is 24.4 Å². The van der Waals surface area contributed by atoms with Crippen molar-refractivity contribution in [3.05, 3.63) is 35.7 Å². The summed E-state index contributed by atoms with van der Waals surface area (Å²) < 4.78 is 52.5. The van der Waals surface area contributed by atoms with E-state index in [1.165, 1.54) is 0 Å². The summed E-state index contributed by atoms with van der Waals surface area (Å²) >= 11 is 0. The van der Waals surface area contributed by atoms with Gasteiger partial charge in [0.1, 0.15) is 11.6 Å². The molecule has 4 heterocycles. The minimum atomic E-state index is -4.45. The lowest BCUT2D eigenvalue weighted by molar-refractivity contribution is -0.137. The van der Waals surface area contributed by atoms with E-state index < -0.39 is 22.7 Å². The first-order chi connectivity index (χ1) is 14.2. The van der Waals surface area contributed by atoms with E-state index in [2.05, 4.69) is 27.1 Å². The van der Waals surface area contributed by atoms with Crippen LogP contribution in [-0.2, 0) is 17.2 Å². The Morgan fingerprint density at radius 3 is 2.60 bits per heavy atom. The molecule has 0 amide bonds. The predicted molar refractivity (Wildman–Crippen MR) is 109 cm³/mol. The number of nitrogens with one attached hydrogen (secondary N) is 1. The van der Waals surface area contributed by atoms with Crippen LogP contribution in [0.5, 0.6) is 0 Å². The van der Waals surface area contributed by atoms with Crippen molar-refractivity contribution in [2.45, 2.75) is 37.9 Å². The lowest BCUT2D eigenvalue weighted by Crippen LogP contribution is -2.45. The van der Waals surface area contributed by atoms with Crippen molar-refractivity contribution in [1.82, 2.24) is 19.3 Å². The van der Waals surface area contributed by atoms with Gasteiger partial charge in [0.15, 0.2) is 0 Å². The number of halogens is 3. The first-order valence-electron chi connectivity index (χ1n) is 9.75. The van der Waals surface area contributed by atoms with E-state index in [1.807, 2.05) is 4.31 Å². The lowest BCUT2D eigenvalue weighted by atomic mass is 9.99. The molecule has 2 aromatic heterocycles. The van der Waals surface area contributed by atoms with Crippen LogP contribution in [0.1, 0.15) is 36.9 Å². The van der Waals surface area contributed by atoms with E-state index in [0.29, 0.717) is 30.9 Å². The summed E-state index contributed by atoms with van der Waals surface area (Å²) in [6, 6.07) is 3.93. The highest BCUT2D eigenvalue weighted by molar-refractivity contribution is 7.81. The highest BCUT2D eigenvalue weighted by Crippen LogP contribution is 2.33. The predicted octanol–water partition coefficient (Wildman–Crippen LogP) is 3.32. The molecular formula is C19H23F3N6OS. The first-order valence-corrected chi connectivity index (χ1v) is 11.3. The van der Waals surface area contributed by atoms with Crippen LogP contribution in [-0.4, -0.2) is 55.4 Å². The maximum atomic E-state index is 13.0. The monoisotopic (exact) mass is 440 g/mol. The normalized spacial score (nSPS) is 21.5. The van der Waals surface area contributed by atoms with E-state index in [9.17, 15) is 17.4 Å². The zero-order chi connectivity index (χ0) is 21.5. The van der Waals surface area contributed by atoms with Crippen LogP contribution < -0.4 is 10.2 Å². The van der Waals surface area contributed by atoms with E-state index in [4.69, 9.17) is 4.98 Å². The molecule has 2 saturated heterocycles. The lowest BCUT2D eigenvalue weighted by Gasteiger charge is -2.37. The van der Waals surface area contributed by atoms with Gasteiger partial charge in [-0.25, -0.2) is 18.5 Å². The van der Waals surface area contributed by atoms with Crippen LogP contribution in [0.2, 0.25) is 0 Å². The van der Waals surface area contributed by atoms with Gasteiger partial charge < -0.3 is 10.2 Å². The van der Waals surface area contributed by atoms with Crippen molar-refractivity contribution in [2.24, 2.45) is 0 Å². The average Bonchev–Trinajstić information content (AvgIpc) is 3.05. The Kier molecular flexibility index (Phi) is 5.67. The minimum Gasteiger partial charge on any atom is -0.338 e. The summed E-state index contributed by atoms with van der Waals surface area (Å²) in [7, 11) is -1.03. The molecule has 1 unspecified atom stereocenters. The van der Waals surface area contributed by atoms with Gasteiger partial charge in [-0.3, -0.25) is 0 Å². The highest BCUT2D eigenvalue weighted by atomic mass is 32.2. The minimum absolute atomic E-state index is 0.0693. The Bertz CT molecular complexity index is 950. The topological polar surface area (TPSA) is 74.2 Å². The van der Waals surface area contributed by atoms with E-state index in [-0.39, 0.29) is 11.7 Å². The fraction of sp³-hybridized carbons (Fsp3) is 0.526. The van der Waals surface area contributed by atoms with Crippen molar-refractivity contribution in [1.29, 1.82) is 0 Å². The van der Waals surface area contributed by atoms with Crippen LogP contribution >= 0.6 is 0 Å². The number of anilines is 3. The highest BCUT2D eigenvalue weighted by Gasteiger charge is 2.34. The maximum Gasteiger partial charge on any atom is 0.416 e. The number of pyridine rings is 1. The molecule has 2 aliphatic rings. The quantitative estimate of drug-likeness (QED) is 0.769. The van der Waals surface area contributed by atoms with Crippen molar-refractivity contribution >= 4 is 28.6 Å². The Balaban J connectivity index is 1.63. The summed E-state index contributed by atoms with van der Waals surface area (Å²) in [6.07, 6.45) is 0.394. The molecule has 2 fully saturated rings. The molecule has 0 aromatic carbocycles. The molecule has 0 radical (unpaired) electrons. The van der Waals surface area contributed by atoms with Gasteiger partial charge in [-0.05, 0) is 31.9 Å². The molecule has 0 bridgehead atoms. The van der Waals surface area contributed by atoms with Crippen LogP contribution in [0.3, 0.4) is 0 Å². The summed E-state index contributed by atoms with van der Waals surface area (Å²) in [5.74, 6) is 1.13. The van der Waals surface area contributed by atoms with Crippen LogP contribution in [0, 0.1) is 0 Å². The zero-order valence-electron chi connectivity index (χ0n) is 16.7. The van der Waals surface area contributed by atoms with Gasteiger partial charge in [0, 0.05) is 50.1 Å². The molecule has 11 heteroatoms. The van der Waals surface area contributed by atoms with E-state index in [1.54, 1.807) is 12.3 Å². The van der Waals surface area contributed by atoms with Gasteiger partial charge in [0.05, 0.1) is 22.2 Å². The van der Waals surface area contributed by atoms with Gasteiger partial charge in [-0.15, -0.1) is 0 Å². The molecule has 1 N–H and O–H groups in total. The maximum absolute atomic E-state index is 13.0. The Labute approximate surface area is 175 Å². The largest absolute Gasteiger partial charge is 0.416 e. The standard InChI is InChI=1S/C19H23F3N6OS/c1-12-4-3-7-28(12)18-24-15(13-10-27(11-13)30(2)29)9-17(26-18)25-16-8-14(5-6-23-16)19(20,21)22/h5-6,8-9,12-13H,3-4,7,10-11H2,1-2H3,(H,23,24,25,26)/t12-,30?/m1/s1. The molecule has 4 rings (SSSR count). The number of rotatable bonds is 5. The molecular weight excluding hydrogens is 417 g/mol. The molecule has 30 heavy (non-hydrogen) atoms. The molecule has 2 aliphatic heterocycles. The molecule has 2 atom stereocenters. The molecule has 7 nitrogen and oxygen atoms in total. The van der Waals surface area contributed by atoms with Gasteiger partial charge in [0.2, 0.25) is 5.95 Å². The van der Waals surface area contributed by atoms with Crippen LogP contribution in [0.4, 0.5) is 30.8 Å². The number of nitrogens with zero attached hydrogens (tertiary/aromatic N) is 5. The second-order valence-electron chi connectivity index (χ2n) is 7.68. The Morgan fingerprint density at radius 2 is 1.97 bits per heavy atom. The number of hydrogen-bond acceptors (Lipinski definition) is 6. The van der Waals surface area contributed by atoms with Gasteiger partial charge in [-0.1, -0.05) is 0 Å². The molecule has 2 aromatic rings. The SMILES string of the molecule is C[C@@H]1CCCN1c1nc(Nc2cc(C(F)(F)F)ccn2)cc(C2CN(S(C)=O)C2)n1. The summed E-state index contributed by atoms with van der Waals surface area (Å²) in [6.45, 7) is 4.18. The smallest absolute Gasteiger partial charge is 0.338 e. The fourth-order valence-corrected chi connectivity index (χ4v) is 4.51. The van der Waals surface area contributed by atoms with Crippen molar-refractivity contribution in [3.63, 3.8) is 0 Å². The summed E-state index contributed by atoms with van der Waals surface area (Å²) in [5.41, 5.74) is 0.0120. The number of aromatic nitrogens is 3. The second kappa shape index (κ2) is 8.10. The van der Waals surface area contributed by atoms with Crippen LogP contribution in [0.25, 0.3) is 0 Å².